The lowest BCUT2D eigenvalue weighted by molar-refractivity contribution is -0.364. The van der Waals surface area contributed by atoms with E-state index in [1.807, 2.05) is 25.1 Å². The fourth-order valence-corrected chi connectivity index (χ4v) is 4.50. The Morgan fingerprint density at radius 2 is 1.77 bits per heavy atom. The molecule has 35 heavy (non-hydrogen) atoms. The first-order valence-electron chi connectivity index (χ1n) is 11.5. The quantitative estimate of drug-likeness (QED) is 0.200. The first-order chi connectivity index (χ1) is 16.9. The Hall–Kier alpha value is -3.05. The molecule has 1 fully saturated rings. The van der Waals surface area contributed by atoms with Gasteiger partial charge in [-0.2, -0.15) is 9.99 Å². The monoisotopic (exact) mass is 480 g/mol. The van der Waals surface area contributed by atoms with Crippen molar-refractivity contribution in [2.45, 2.75) is 50.5 Å². The number of hydrogen-bond acceptors (Lipinski definition) is 8. The van der Waals surface area contributed by atoms with Gasteiger partial charge in [-0.15, -0.1) is 0 Å². The lowest BCUT2D eigenvalue weighted by atomic mass is 9.99. The average Bonchev–Trinajstić information content (AvgIpc) is 3.27. The summed E-state index contributed by atoms with van der Waals surface area (Å²) in [6.45, 7) is 1.33. The highest BCUT2D eigenvalue weighted by atomic mass is 17.2. The number of ether oxygens (including phenoxy) is 1. The minimum atomic E-state index is -1.59. The van der Waals surface area contributed by atoms with Crippen LogP contribution < -0.4 is 4.89 Å². The Labute approximate surface area is 201 Å². The molecule has 9 heteroatoms. The van der Waals surface area contributed by atoms with Crippen LogP contribution in [0.2, 0.25) is 0 Å². The maximum Gasteiger partial charge on any atom is 0.188 e. The van der Waals surface area contributed by atoms with Crippen molar-refractivity contribution in [2.24, 2.45) is 0 Å². The third-order valence-corrected chi connectivity index (χ3v) is 6.41. The van der Waals surface area contributed by atoms with E-state index in [4.69, 9.17) is 14.5 Å². The van der Waals surface area contributed by atoms with Crippen LogP contribution in [0.15, 0.2) is 54.6 Å². The summed E-state index contributed by atoms with van der Waals surface area (Å²) in [5.74, 6) is 0.362. The molecule has 9 nitrogen and oxygen atoms in total. The molecule has 0 saturated carbocycles. The van der Waals surface area contributed by atoms with E-state index in [-0.39, 0.29) is 0 Å². The summed E-state index contributed by atoms with van der Waals surface area (Å²) in [6.07, 6.45) is -5.61. The standard InChI is InChI=1S/C26H28N2O7/c1-14-10-19-22(20(11-14)34-35-25-24(31)23(30)21(13-29)33-26(25)32)18(27-28-19)9-7-15-6-8-16-4-2-3-5-17(16)12-15/h2-6,8,10-12,21,23-26,29-32H,7,9,13H2,1H3,(H,27,28)/t21-,23-,24+,25-,26-/m1/s1. The van der Waals surface area contributed by atoms with Gasteiger partial charge in [-0.1, -0.05) is 42.5 Å². The Morgan fingerprint density at radius 3 is 2.57 bits per heavy atom. The molecule has 4 aromatic rings. The van der Waals surface area contributed by atoms with Gasteiger partial charge >= 0.3 is 0 Å². The molecule has 3 aromatic carbocycles. The van der Waals surface area contributed by atoms with Gasteiger partial charge in [0.15, 0.2) is 18.1 Å². The molecule has 0 aliphatic carbocycles. The van der Waals surface area contributed by atoms with Crippen LogP contribution in [0.4, 0.5) is 0 Å². The van der Waals surface area contributed by atoms with Gasteiger partial charge in [0.1, 0.15) is 18.3 Å². The summed E-state index contributed by atoms with van der Waals surface area (Å²) in [6, 6.07) is 18.3. The summed E-state index contributed by atoms with van der Waals surface area (Å²) in [5.41, 5.74) is 3.62. The second-order valence-corrected chi connectivity index (χ2v) is 8.91. The van der Waals surface area contributed by atoms with E-state index in [0.717, 1.165) is 23.1 Å². The number of aliphatic hydroxyl groups is 4. The molecule has 0 bridgehead atoms. The minimum Gasteiger partial charge on any atom is -0.394 e. The van der Waals surface area contributed by atoms with Gasteiger partial charge in [0.25, 0.3) is 0 Å². The predicted molar refractivity (Wildman–Crippen MR) is 128 cm³/mol. The van der Waals surface area contributed by atoms with Crippen LogP contribution >= 0.6 is 0 Å². The highest BCUT2D eigenvalue weighted by Gasteiger charge is 2.45. The number of nitrogens with one attached hydrogen (secondary N) is 1. The van der Waals surface area contributed by atoms with Crippen LogP contribution in [0.3, 0.4) is 0 Å². The van der Waals surface area contributed by atoms with Crippen molar-refractivity contribution in [3.63, 3.8) is 0 Å². The normalized spacial score (nSPS) is 24.8. The van der Waals surface area contributed by atoms with Gasteiger partial charge in [0.2, 0.25) is 0 Å². The molecule has 5 N–H and O–H groups in total. The van der Waals surface area contributed by atoms with Crippen LogP contribution in [0.1, 0.15) is 16.8 Å². The molecule has 0 unspecified atom stereocenters. The molecule has 1 aliphatic heterocycles. The van der Waals surface area contributed by atoms with Gasteiger partial charge in [0.05, 0.1) is 17.5 Å². The largest absolute Gasteiger partial charge is 0.394 e. The van der Waals surface area contributed by atoms with Crippen LogP contribution in [-0.4, -0.2) is 67.9 Å². The SMILES string of the molecule is Cc1cc(OO[C@@H]2[C@@H](O)[C@H](O)[C@@H](CO)O[C@H]2O)c2c(CCc3ccc4ccccc4c3)[nH]nc2c1. The second-order valence-electron chi connectivity index (χ2n) is 8.91. The number of H-pyrrole nitrogens is 1. The van der Waals surface area contributed by atoms with Gasteiger partial charge in [-0.05, 0) is 53.8 Å². The molecule has 5 atom stereocenters. The summed E-state index contributed by atoms with van der Waals surface area (Å²) < 4.78 is 5.13. The number of fused-ring (bicyclic) bond motifs is 2. The van der Waals surface area contributed by atoms with Crippen LogP contribution in [0, 0.1) is 6.92 Å². The summed E-state index contributed by atoms with van der Waals surface area (Å²) in [7, 11) is 0. The predicted octanol–water partition coefficient (Wildman–Crippen LogP) is 1.92. The van der Waals surface area contributed by atoms with Crippen LogP contribution in [-0.2, 0) is 22.5 Å². The number of hydrogen-bond donors (Lipinski definition) is 5. The molecule has 5 rings (SSSR count). The molecule has 0 radical (unpaired) electrons. The van der Waals surface area contributed by atoms with Crippen LogP contribution in [0.25, 0.3) is 21.7 Å². The lowest BCUT2D eigenvalue weighted by Gasteiger charge is -2.38. The van der Waals surface area contributed by atoms with Crippen molar-refractivity contribution < 1.29 is 34.9 Å². The van der Waals surface area contributed by atoms with E-state index in [2.05, 4.69) is 40.5 Å². The van der Waals surface area contributed by atoms with E-state index in [0.29, 0.717) is 17.7 Å². The summed E-state index contributed by atoms with van der Waals surface area (Å²) in [4.78, 5) is 10.9. The number of aromatic nitrogens is 2. The number of aryl methyl sites for hydroxylation is 3. The van der Waals surface area contributed by atoms with Gasteiger partial charge in [-0.25, -0.2) is 0 Å². The number of nitrogens with zero attached hydrogens (tertiary/aromatic N) is 1. The van der Waals surface area contributed by atoms with Gasteiger partial charge < -0.3 is 30.1 Å². The highest BCUT2D eigenvalue weighted by Crippen LogP contribution is 2.32. The van der Waals surface area contributed by atoms with Crippen molar-refractivity contribution >= 4 is 21.7 Å². The molecule has 0 spiro atoms. The molecule has 1 aromatic heterocycles. The first-order valence-corrected chi connectivity index (χ1v) is 11.5. The zero-order valence-electron chi connectivity index (χ0n) is 19.2. The first kappa shape index (κ1) is 23.7. The molecule has 1 aliphatic rings. The number of rotatable bonds is 7. The smallest absolute Gasteiger partial charge is 0.188 e. The van der Waals surface area contributed by atoms with Crippen molar-refractivity contribution in [1.82, 2.24) is 10.2 Å². The van der Waals surface area contributed by atoms with Crippen molar-refractivity contribution in [3.8, 4) is 5.75 Å². The molecule has 2 heterocycles. The van der Waals surface area contributed by atoms with E-state index in [1.165, 1.54) is 16.3 Å². The van der Waals surface area contributed by atoms with Crippen molar-refractivity contribution in [3.05, 3.63) is 71.4 Å². The topological polar surface area (TPSA) is 137 Å². The Bertz CT molecular complexity index is 1320. The molecule has 0 amide bonds. The molecule has 1 saturated heterocycles. The average molecular weight is 481 g/mol. The maximum atomic E-state index is 10.3. The Kier molecular flexibility index (Phi) is 6.70. The third kappa shape index (κ3) is 4.74. The third-order valence-electron chi connectivity index (χ3n) is 6.41. The fraction of sp³-hybridized carbons (Fsp3) is 0.346. The summed E-state index contributed by atoms with van der Waals surface area (Å²) in [5, 5.41) is 50.4. The highest BCUT2D eigenvalue weighted by molar-refractivity contribution is 5.88. The number of benzene rings is 3. The fourth-order valence-electron chi connectivity index (χ4n) is 4.50. The van der Waals surface area contributed by atoms with Gasteiger partial charge in [-0.3, -0.25) is 5.10 Å². The van der Waals surface area contributed by atoms with Crippen molar-refractivity contribution in [1.29, 1.82) is 0 Å². The van der Waals surface area contributed by atoms with E-state index in [9.17, 15) is 20.4 Å². The van der Waals surface area contributed by atoms with E-state index >= 15 is 0 Å². The van der Waals surface area contributed by atoms with Gasteiger partial charge in [0, 0.05) is 5.69 Å². The maximum absolute atomic E-state index is 10.3. The Morgan fingerprint density at radius 1 is 0.971 bits per heavy atom. The number of aliphatic hydroxyl groups excluding tert-OH is 4. The van der Waals surface area contributed by atoms with E-state index in [1.54, 1.807) is 6.07 Å². The Balaban J connectivity index is 1.35. The van der Waals surface area contributed by atoms with E-state index < -0.39 is 37.3 Å². The second kappa shape index (κ2) is 9.90. The zero-order chi connectivity index (χ0) is 24.5. The lowest BCUT2D eigenvalue weighted by Crippen LogP contribution is -2.59. The zero-order valence-corrected chi connectivity index (χ0v) is 19.2. The number of aromatic amines is 1. The van der Waals surface area contributed by atoms with Crippen LogP contribution in [0.5, 0.6) is 5.75 Å². The molecular weight excluding hydrogens is 452 g/mol. The summed E-state index contributed by atoms with van der Waals surface area (Å²) >= 11 is 0. The minimum absolute atomic E-state index is 0.362. The molecular formula is C26H28N2O7. The molecule has 184 valence electrons. The van der Waals surface area contributed by atoms with Crippen molar-refractivity contribution in [2.75, 3.05) is 6.61 Å².